The van der Waals surface area contributed by atoms with E-state index in [4.69, 9.17) is 23.2 Å². The van der Waals surface area contributed by atoms with Crippen LogP contribution in [0.5, 0.6) is 0 Å². The van der Waals surface area contributed by atoms with Crippen LogP contribution < -0.4 is 0 Å². The third-order valence-electron chi connectivity index (χ3n) is 3.31. The SMILES string of the molecule is Cc1cnc(C(=O)N(C)[C@@H](C)c2ccc(Cl)cc2Cl)cn1. The Balaban J connectivity index is 2.24. The summed E-state index contributed by atoms with van der Waals surface area (Å²) in [6.07, 6.45) is 3.05. The van der Waals surface area contributed by atoms with Gasteiger partial charge >= 0.3 is 0 Å². The average Bonchev–Trinajstić information content (AvgIpc) is 2.46. The number of nitrogens with zero attached hydrogens (tertiary/aromatic N) is 3. The van der Waals surface area contributed by atoms with Crippen molar-refractivity contribution >= 4 is 29.1 Å². The molecule has 1 atom stereocenters. The standard InChI is InChI=1S/C15H15Cl2N3O/c1-9-7-19-14(8-18-9)15(21)20(3)10(2)12-5-4-11(16)6-13(12)17/h4-8,10H,1-3H3/t10-/m0/s1. The summed E-state index contributed by atoms with van der Waals surface area (Å²) in [5, 5.41) is 1.10. The number of benzene rings is 1. The molecule has 1 aromatic carbocycles. The molecule has 0 bridgehead atoms. The van der Waals surface area contributed by atoms with Gasteiger partial charge in [0.2, 0.25) is 0 Å². The molecular weight excluding hydrogens is 309 g/mol. The van der Waals surface area contributed by atoms with Gasteiger partial charge < -0.3 is 4.90 Å². The summed E-state index contributed by atoms with van der Waals surface area (Å²) in [5.74, 6) is -0.207. The van der Waals surface area contributed by atoms with Gasteiger partial charge in [0.25, 0.3) is 5.91 Å². The molecule has 2 aromatic rings. The summed E-state index contributed by atoms with van der Waals surface area (Å²) in [6.45, 7) is 3.72. The van der Waals surface area contributed by atoms with E-state index in [9.17, 15) is 4.79 Å². The first kappa shape index (κ1) is 15.7. The largest absolute Gasteiger partial charge is 0.334 e. The van der Waals surface area contributed by atoms with Gasteiger partial charge in [0, 0.05) is 23.3 Å². The fraction of sp³-hybridized carbons (Fsp3) is 0.267. The molecule has 4 nitrogen and oxygen atoms in total. The molecule has 0 fully saturated rings. The molecule has 0 saturated carbocycles. The van der Waals surface area contributed by atoms with Crippen molar-refractivity contribution in [3.05, 3.63) is 57.6 Å². The maximum absolute atomic E-state index is 12.4. The van der Waals surface area contributed by atoms with Gasteiger partial charge in [-0.2, -0.15) is 0 Å². The smallest absolute Gasteiger partial charge is 0.274 e. The maximum Gasteiger partial charge on any atom is 0.274 e. The lowest BCUT2D eigenvalue weighted by atomic mass is 10.1. The van der Waals surface area contributed by atoms with Gasteiger partial charge in [0.1, 0.15) is 5.69 Å². The minimum absolute atomic E-state index is 0.203. The molecule has 0 saturated heterocycles. The van der Waals surface area contributed by atoms with Crippen molar-refractivity contribution in [2.24, 2.45) is 0 Å². The predicted octanol–water partition coefficient (Wildman–Crippen LogP) is 3.93. The fourth-order valence-corrected chi connectivity index (χ4v) is 2.47. The summed E-state index contributed by atoms with van der Waals surface area (Å²) >= 11 is 12.1. The van der Waals surface area contributed by atoms with E-state index in [1.165, 1.54) is 6.20 Å². The number of amides is 1. The second-order valence-electron chi connectivity index (χ2n) is 4.80. The second kappa shape index (κ2) is 6.41. The van der Waals surface area contributed by atoms with Crippen LogP contribution in [0.15, 0.2) is 30.6 Å². The quantitative estimate of drug-likeness (QED) is 0.859. The minimum Gasteiger partial charge on any atom is -0.334 e. The van der Waals surface area contributed by atoms with Gasteiger partial charge in [0.15, 0.2) is 0 Å². The summed E-state index contributed by atoms with van der Waals surface area (Å²) < 4.78 is 0. The molecule has 0 spiro atoms. The molecule has 0 radical (unpaired) electrons. The number of carbonyl (C=O) groups is 1. The Kier molecular flexibility index (Phi) is 4.80. The fourth-order valence-electron chi connectivity index (χ4n) is 1.91. The normalized spacial score (nSPS) is 12.0. The van der Waals surface area contributed by atoms with Crippen molar-refractivity contribution in [1.29, 1.82) is 0 Å². The predicted molar refractivity (Wildman–Crippen MR) is 83.7 cm³/mol. The first-order chi connectivity index (χ1) is 9.90. The van der Waals surface area contributed by atoms with Crippen LogP contribution in [0.3, 0.4) is 0 Å². The van der Waals surface area contributed by atoms with E-state index < -0.39 is 0 Å². The molecule has 2 rings (SSSR count). The van der Waals surface area contributed by atoms with Crippen LogP contribution in [-0.2, 0) is 0 Å². The van der Waals surface area contributed by atoms with Gasteiger partial charge in [-0.1, -0.05) is 29.3 Å². The third-order valence-corrected chi connectivity index (χ3v) is 3.88. The maximum atomic E-state index is 12.4. The van der Waals surface area contributed by atoms with E-state index in [0.29, 0.717) is 15.7 Å². The Morgan fingerprint density at radius 1 is 1.24 bits per heavy atom. The van der Waals surface area contributed by atoms with E-state index in [1.54, 1.807) is 30.3 Å². The first-order valence-electron chi connectivity index (χ1n) is 6.41. The zero-order chi connectivity index (χ0) is 15.6. The molecule has 6 heteroatoms. The molecule has 1 heterocycles. The lowest BCUT2D eigenvalue weighted by Gasteiger charge is -2.25. The molecular formula is C15H15Cl2N3O. The monoisotopic (exact) mass is 323 g/mol. The number of aryl methyl sites for hydroxylation is 1. The topological polar surface area (TPSA) is 46.1 Å². The van der Waals surface area contributed by atoms with Gasteiger partial charge in [-0.3, -0.25) is 9.78 Å². The van der Waals surface area contributed by atoms with E-state index in [0.717, 1.165) is 11.3 Å². The van der Waals surface area contributed by atoms with Crippen LogP contribution in [0.1, 0.15) is 34.7 Å². The highest BCUT2D eigenvalue weighted by Crippen LogP contribution is 2.29. The van der Waals surface area contributed by atoms with Crippen molar-refractivity contribution in [3.8, 4) is 0 Å². The van der Waals surface area contributed by atoms with Crippen LogP contribution in [0.4, 0.5) is 0 Å². The molecule has 0 aliphatic carbocycles. The minimum atomic E-state index is -0.207. The lowest BCUT2D eigenvalue weighted by molar-refractivity contribution is 0.0736. The van der Waals surface area contributed by atoms with E-state index in [-0.39, 0.29) is 11.9 Å². The zero-order valence-electron chi connectivity index (χ0n) is 12.0. The summed E-state index contributed by atoms with van der Waals surface area (Å²) in [7, 11) is 1.71. The Morgan fingerprint density at radius 3 is 2.52 bits per heavy atom. The number of aromatic nitrogens is 2. The second-order valence-corrected chi connectivity index (χ2v) is 5.64. The molecule has 21 heavy (non-hydrogen) atoms. The van der Waals surface area contributed by atoms with Crippen LogP contribution in [0, 0.1) is 6.92 Å². The van der Waals surface area contributed by atoms with Crippen molar-refractivity contribution < 1.29 is 4.79 Å². The van der Waals surface area contributed by atoms with E-state index in [1.807, 2.05) is 19.9 Å². The van der Waals surface area contributed by atoms with Gasteiger partial charge in [0.05, 0.1) is 17.9 Å². The number of halogens is 2. The molecule has 0 N–H and O–H groups in total. The highest BCUT2D eigenvalue weighted by Gasteiger charge is 2.21. The molecule has 0 unspecified atom stereocenters. The Labute approximate surface area is 133 Å². The number of hydrogen-bond donors (Lipinski definition) is 0. The zero-order valence-corrected chi connectivity index (χ0v) is 13.5. The molecule has 110 valence electrons. The van der Waals surface area contributed by atoms with E-state index >= 15 is 0 Å². The van der Waals surface area contributed by atoms with Crippen LogP contribution in [-0.4, -0.2) is 27.8 Å². The van der Waals surface area contributed by atoms with Crippen molar-refractivity contribution in [1.82, 2.24) is 14.9 Å². The highest BCUT2D eigenvalue weighted by molar-refractivity contribution is 6.35. The average molecular weight is 324 g/mol. The van der Waals surface area contributed by atoms with Crippen LogP contribution in [0.2, 0.25) is 10.0 Å². The molecule has 1 aromatic heterocycles. The number of rotatable bonds is 3. The Bertz CT molecular complexity index is 658. The van der Waals surface area contributed by atoms with Crippen molar-refractivity contribution in [3.63, 3.8) is 0 Å². The van der Waals surface area contributed by atoms with E-state index in [2.05, 4.69) is 9.97 Å². The van der Waals surface area contributed by atoms with Gasteiger partial charge in [-0.05, 0) is 31.5 Å². The molecule has 0 aliphatic heterocycles. The Morgan fingerprint density at radius 2 is 1.95 bits per heavy atom. The van der Waals surface area contributed by atoms with Crippen LogP contribution >= 0.6 is 23.2 Å². The van der Waals surface area contributed by atoms with Gasteiger partial charge in [-0.25, -0.2) is 4.98 Å². The molecule has 1 amide bonds. The molecule has 0 aliphatic rings. The third kappa shape index (κ3) is 3.52. The first-order valence-corrected chi connectivity index (χ1v) is 7.16. The number of carbonyl (C=O) groups excluding carboxylic acids is 1. The highest BCUT2D eigenvalue weighted by atomic mass is 35.5. The van der Waals surface area contributed by atoms with Crippen molar-refractivity contribution in [2.75, 3.05) is 7.05 Å². The Hall–Kier alpha value is -1.65. The summed E-state index contributed by atoms with van der Waals surface area (Å²) in [4.78, 5) is 22.2. The lowest BCUT2D eigenvalue weighted by Crippen LogP contribution is -2.30. The summed E-state index contributed by atoms with van der Waals surface area (Å²) in [5.41, 5.74) is 1.90. The van der Waals surface area contributed by atoms with Gasteiger partial charge in [-0.15, -0.1) is 0 Å². The number of hydrogen-bond acceptors (Lipinski definition) is 3. The van der Waals surface area contributed by atoms with Crippen molar-refractivity contribution in [2.45, 2.75) is 19.9 Å². The van der Waals surface area contributed by atoms with Crippen LogP contribution in [0.25, 0.3) is 0 Å². The summed E-state index contributed by atoms with van der Waals surface area (Å²) in [6, 6.07) is 5.03.